The highest BCUT2D eigenvalue weighted by Gasteiger charge is 2.15. The molecule has 0 bridgehead atoms. The average molecular weight is 311 g/mol. The molecule has 0 aromatic heterocycles. The molecule has 23 heavy (non-hydrogen) atoms. The zero-order valence-corrected chi connectivity index (χ0v) is 14.6. The van der Waals surface area contributed by atoms with E-state index in [-0.39, 0.29) is 5.91 Å². The van der Waals surface area contributed by atoms with E-state index in [9.17, 15) is 4.79 Å². The molecule has 0 aliphatic rings. The number of rotatable bonds is 5. The number of ether oxygens (including phenoxy) is 1. The SMILES string of the molecule is CCC(=O)N(C)c1cccc(C)c1COc1ccc(C)cc1C. The fourth-order valence-electron chi connectivity index (χ4n) is 2.67. The van der Waals surface area contributed by atoms with Crippen molar-refractivity contribution in [2.45, 2.75) is 40.7 Å². The summed E-state index contributed by atoms with van der Waals surface area (Å²) in [5.74, 6) is 0.984. The van der Waals surface area contributed by atoms with Crippen molar-refractivity contribution in [3.63, 3.8) is 0 Å². The molecule has 1 amide bonds. The highest BCUT2D eigenvalue weighted by molar-refractivity contribution is 5.93. The standard InChI is InChI=1S/C20H25NO2/c1-6-20(22)21(5)18-9-7-8-15(3)17(18)13-23-19-11-10-14(2)12-16(19)4/h7-12H,6,13H2,1-5H3. The van der Waals surface area contributed by atoms with E-state index in [1.54, 1.807) is 4.90 Å². The Morgan fingerprint density at radius 3 is 2.48 bits per heavy atom. The Labute approximate surface area is 138 Å². The minimum Gasteiger partial charge on any atom is -0.489 e. The first-order valence-electron chi connectivity index (χ1n) is 7.99. The van der Waals surface area contributed by atoms with Crippen molar-refractivity contribution in [3.8, 4) is 5.75 Å². The summed E-state index contributed by atoms with van der Waals surface area (Å²) in [6.45, 7) is 8.50. The fourth-order valence-corrected chi connectivity index (χ4v) is 2.67. The van der Waals surface area contributed by atoms with Gasteiger partial charge in [-0.05, 0) is 44.0 Å². The third kappa shape index (κ3) is 3.92. The molecule has 0 atom stereocenters. The molecule has 3 nitrogen and oxygen atoms in total. The maximum atomic E-state index is 12.0. The summed E-state index contributed by atoms with van der Waals surface area (Å²) in [5, 5.41) is 0. The molecule has 2 rings (SSSR count). The van der Waals surface area contributed by atoms with Gasteiger partial charge in [0.2, 0.25) is 5.91 Å². The molecule has 0 N–H and O–H groups in total. The molecule has 0 fully saturated rings. The Morgan fingerprint density at radius 1 is 1.09 bits per heavy atom. The van der Waals surface area contributed by atoms with Gasteiger partial charge in [0.25, 0.3) is 0 Å². The quantitative estimate of drug-likeness (QED) is 0.810. The molecule has 0 unspecified atom stereocenters. The lowest BCUT2D eigenvalue weighted by atomic mass is 10.1. The first-order valence-corrected chi connectivity index (χ1v) is 7.99. The normalized spacial score (nSPS) is 10.5. The zero-order valence-electron chi connectivity index (χ0n) is 14.6. The third-order valence-electron chi connectivity index (χ3n) is 4.13. The van der Waals surface area contributed by atoms with Crippen LogP contribution >= 0.6 is 0 Å². The van der Waals surface area contributed by atoms with Crippen LogP contribution in [0.1, 0.15) is 35.6 Å². The van der Waals surface area contributed by atoms with Crippen molar-refractivity contribution in [1.29, 1.82) is 0 Å². The minimum absolute atomic E-state index is 0.100. The van der Waals surface area contributed by atoms with E-state index >= 15 is 0 Å². The summed E-state index contributed by atoms with van der Waals surface area (Å²) >= 11 is 0. The molecule has 2 aromatic rings. The molecule has 3 heteroatoms. The molecule has 0 saturated carbocycles. The highest BCUT2D eigenvalue weighted by atomic mass is 16.5. The van der Waals surface area contributed by atoms with Crippen molar-refractivity contribution in [2.24, 2.45) is 0 Å². The van der Waals surface area contributed by atoms with E-state index in [4.69, 9.17) is 4.74 Å². The molecular formula is C20H25NO2. The van der Waals surface area contributed by atoms with Gasteiger partial charge in [-0.2, -0.15) is 0 Å². The van der Waals surface area contributed by atoms with Crippen LogP contribution in [-0.4, -0.2) is 13.0 Å². The average Bonchev–Trinajstić information content (AvgIpc) is 2.53. The van der Waals surface area contributed by atoms with E-state index in [1.165, 1.54) is 5.56 Å². The molecule has 0 spiro atoms. The van der Waals surface area contributed by atoms with Crippen molar-refractivity contribution in [2.75, 3.05) is 11.9 Å². The van der Waals surface area contributed by atoms with E-state index in [2.05, 4.69) is 26.0 Å². The molecule has 0 aliphatic heterocycles. The Morgan fingerprint density at radius 2 is 1.83 bits per heavy atom. The van der Waals surface area contributed by atoms with E-state index in [0.717, 1.165) is 28.1 Å². The van der Waals surface area contributed by atoms with Gasteiger partial charge in [-0.1, -0.05) is 36.8 Å². The first-order chi connectivity index (χ1) is 10.9. The second kappa shape index (κ2) is 7.32. The topological polar surface area (TPSA) is 29.5 Å². The number of hydrogen-bond donors (Lipinski definition) is 0. The second-order valence-corrected chi connectivity index (χ2v) is 5.94. The first kappa shape index (κ1) is 17.1. The van der Waals surface area contributed by atoms with E-state index in [0.29, 0.717) is 13.0 Å². The van der Waals surface area contributed by atoms with Crippen molar-refractivity contribution in [3.05, 3.63) is 58.7 Å². The van der Waals surface area contributed by atoms with Crippen LogP contribution in [0.2, 0.25) is 0 Å². The molecule has 0 heterocycles. The number of carbonyl (C=O) groups excluding carboxylic acids is 1. The Balaban J connectivity index is 2.27. The van der Waals surface area contributed by atoms with Gasteiger partial charge in [-0.25, -0.2) is 0 Å². The summed E-state index contributed by atoms with van der Waals surface area (Å²) in [5.41, 5.74) is 5.44. The number of benzene rings is 2. The number of nitrogens with zero attached hydrogens (tertiary/aromatic N) is 1. The summed E-state index contributed by atoms with van der Waals surface area (Å²) in [4.78, 5) is 13.7. The maximum Gasteiger partial charge on any atom is 0.226 e. The van der Waals surface area contributed by atoms with Crippen molar-refractivity contribution >= 4 is 11.6 Å². The van der Waals surface area contributed by atoms with Gasteiger partial charge in [-0.3, -0.25) is 4.79 Å². The van der Waals surface area contributed by atoms with Gasteiger partial charge < -0.3 is 9.64 Å². The largest absolute Gasteiger partial charge is 0.489 e. The Bertz CT molecular complexity index is 707. The van der Waals surface area contributed by atoms with Crippen LogP contribution in [0.3, 0.4) is 0 Å². The minimum atomic E-state index is 0.100. The van der Waals surface area contributed by atoms with Crippen LogP contribution in [-0.2, 0) is 11.4 Å². The number of amides is 1. The van der Waals surface area contributed by atoms with Gasteiger partial charge in [0.15, 0.2) is 0 Å². The number of hydrogen-bond acceptors (Lipinski definition) is 2. The Kier molecular flexibility index (Phi) is 5.43. The van der Waals surface area contributed by atoms with Gasteiger partial charge in [-0.15, -0.1) is 0 Å². The van der Waals surface area contributed by atoms with Gasteiger partial charge in [0, 0.05) is 19.0 Å². The maximum absolute atomic E-state index is 12.0. The lowest BCUT2D eigenvalue weighted by Crippen LogP contribution is -2.26. The second-order valence-electron chi connectivity index (χ2n) is 5.94. The zero-order chi connectivity index (χ0) is 17.0. The Hall–Kier alpha value is -2.29. The number of carbonyl (C=O) groups is 1. The molecular weight excluding hydrogens is 286 g/mol. The molecule has 122 valence electrons. The fraction of sp³-hybridized carbons (Fsp3) is 0.350. The predicted octanol–water partition coefficient (Wildman–Crippen LogP) is 4.56. The predicted molar refractivity (Wildman–Crippen MR) is 95.1 cm³/mol. The summed E-state index contributed by atoms with van der Waals surface area (Å²) in [6, 6.07) is 12.2. The van der Waals surface area contributed by atoms with Crippen LogP contribution in [0.25, 0.3) is 0 Å². The number of aryl methyl sites for hydroxylation is 3. The van der Waals surface area contributed by atoms with E-state index in [1.807, 2.05) is 45.2 Å². The van der Waals surface area contributed by atoms with Crippen LogP contribution in [0.5, 0.6) is 5.75 Å². The van der Waals surface area contributed by atoms with Gasteiger partial charge >= 0.3 is 0 Å². The van der Waals surface area contributed by atoms with Gasteiger partial charge in [0.1, 0.15) is 12.4 Å². The highest BCUT2D eigenvalue weighted by Crippen LogP contribution is 2.26. The summed E-state index contributed by atoms with van der Waals surface area (Å²) in [7, 11) is 1.82. The third-order valence-corrected chi connectivity index (χ3v) is 4.13. The lowest BCUT2D eigenvalue weighted by molar-refractivity contribution is -0.118. The lowest BCUT2D eigenvalue weighted by Gasteiger charge is -2.22. The van der Waals surface area contributed by atoms with Crippen LogP contribution in [0.15, 0.2) is 36.4 Å². The summed E-state index contributed by atoms with van der Waals surface area (Å²) in [6.07, 6.45) is 0.488. The summed E-state index contributed by atoms with van der Waals surface area (Å²) < 4.78 is 6.02. The van der Waals surface area contributed by atoms with Crippen LogP contribution < -0.4 is 9.64 Å². The molecule has 0 saturated heterocycles. The molecule has 0 radical (unpaired) electrons. The van der Waals surface area contributed by atoms with Crippen LogP contribution in [0.4, 0.5) is 5.69 Å². The van der Waals surface area contributed by atoms with Gasteiger partial charge in [0.05, 0.1) is 5.69 Å². The van der Waals surface area contributed by atoms with Crippen molar-refractivity contribution < 1.29 is 9.53 Å². The monoisotopic (exact) mass is 311 g/mol. The number of anilines is 1. The molecule has 0 aliphatic carbocycles. The molecule has 2 aromatic carbocycles. The van der Waals surface area contributed by atoms with Crippen LogP contribution in [0, 0.1) is 20.8 Å². The van der Waals surface area contributed by atoms with E-state index < -0.39 is 0 Å². The smallest absolute Gasteiger partial charge is 0.226 e. The van der Waals surface area contributed by atoms with Crippen molar-refractivity contribution in [1.82, 2.24) is 0 Å².